The van der Waals surface area contributed by atoms with Crippen LogP contribution in [0.4, 0.5) is 0 Å². The monoisotopic (exact) mass is 845 g/mol. The molecule has 0 saturated heterocycles. The first-order valence-electron chi connectivity index (χ1n) is 22.3. The van der Waals surface area contributed by atoms with Crippen molar-refractivity contribution in [2.24, 2.45) is 0 Å². The number of thiophene rings is 1. The summed E-state index contributed by atoms with van der Waals surface area (Å²) in [4.78, 5) is 14.2. The van der Waals surface area contributed by atoms with Crippen LogP contribution in [-0.2, 0) is 43.4 Å². The van der Waals surface area contributed by atoms with E-state index in [0.717, 1.165) is 87.0 Å². The van der Waals surface area contributed by atoms with Crippen molar-refractivity contribution in [1.82, 2.24) is 29.9 Å². The number of nitrogens with zero attached hydrogens (tertiary/aromatic N) is 5. The molecule has 0 unspecified atom stereocenters. The Balaban J connectivity index is 0. The van der Waals surface area contributed by atoms with E-state index < -0.39 is 0 Å². The van der Waals surface area contributed by atoms with Gasteiger partial charge in [-0.2, -0.15) is 0 Å². The van der Waals surface area contributed by atoms with Gasteiger partial charge >= 0.3 is 0 Å². The van der Waals surface area contributed by atoms with Crippen molar-refractivity contribution in [2.45, 2.75) is 169 Å². The highest BCUT2D eigenvalue weighted by Gasteiger charge is 1.93. The lowest BCUT2D eigenvalue weighted by Gasteiger charge is -1.94. The zero-order chi connectivity index (χ0) is 45.6. The maximum Gasteiger partial charge on any atom is 0.103 e. The van der Waals surface area contributed by atoms with E-state index in [9.17, 15) is 0 Å². The summed E-state index contributed by atoms with van der Waals surface area (Å²) >= 11 is 1.89. The molecule has 60 heavy (non-hydrogen) atoms. The second kappa shape index (κ2) is 38.8. The molecule has 5 aromatic heterocycles. The number of hydrogen-bond donors (Lipinski definition) is 1. The normalized spacial score (nSPS) is 9.47. The Bertz CT molecular complexity index is 1640. The largest absolute Gasteiger partial charge is 0.466 e. The first kappa shape index (κ1) is 57.8. The van der Waals surface area contributed by atoms with Crippen LogP contribution in [0.3, 0.4) is 0 Å². The molecule has 0 aliphatic carbocycles. The van der Waals surface area contributed by atoms with E-state index in [1.807, 2.05) is 87.4 Å². The summed E-state index contributed by atoms with van der Waals surface area (Å²) < 4.78 is 12.1. The van der Waals surface area contributed by atoms with Crippen LogP contribution in [0.1, 0.15) is 149 Å². The fourth-order valence-electron chi connectivity index (χ4n) is 4.56. The molecule has 0 atom stereocenters. The summed E-state index contributed by atoms with van der Waals surface area (Å²) in [5, 5.41) is 7.72. The summed E-state index contributed by atoms with van der Waals surface area (Å²) in [6.45, 7) is 36.0. The van der Waals surface area contributed by atoms with Crippen LogP contribution in [0, 0.1) is 41.5 Å². The Morgan fingerprint density at radius 2 is 1.28 bits per heavy atom. The Morgan fingerprint density at radius 3 is 1.60 bits per heavy atom. The minimum absolute atomic E-state index is 0.855. The molecule has 6 aromatic rings. The van der Waals surface area contributed by atoms with Crippen LogP contribution in [-0.4, -0.2) is 43.2 Å². The van der Waals surface area contributed by atoms with Crippen molar-refractivity contribution in [1.29, 1.82) is 0 Å². The highest BCUT2D eigenvalue weighted by molar-refractivity contribution is 7.11. The molecule has 1 N–H and O–H groups in total. The Labute approximate surface area is 371 Å². The molecular formula is C51H84N6O2S. The van der Waals surface area contributed by atoms with Crippen molar-refractivity contribution < 1.29 is 9.15 Å². The number of H-pyrrole nitrogens is 1. The molecule has 0 bridgehead atoms. The van der Waals surface area contributed by atoms with Gasteiger partial charge in [0.2, 0.25) is 0 Å². The summed E-state index contributed by atoms with van der Waals surface area (Å²) in [6.07, 6.45) is 14.7. The molecule has 0 radical (unpaired) electrons. The maximum absolute atomic E-state index is 5.23. The van der Waals surface area contributed by atoms with Gasteiger partial charge in [0.05, 0.1) is 5.69 Å². The predicted molar refractivity (Wildman–Crippen MR) is 261 cm³/mol. The zero-order valence-electron chi connectivity index (χ0n) is 40.7. The van der Waals surface area contributed by atoms with Crippen molar-refractivity contribution >= 4 is 11.3 Å². The molecule has 0 aliphatic rings. The summed E-state index contributed by atoms with van der Waals surface area (Å²) in [6, 6.07) is 21.2. The van der Waals surface area contributed by atoms with E-state index in [1.165, 1.54) is 45.0 Å². The molecule has 6 rings (SSSR count). The van der Waals surface area contributed by atoms with Crippen LogP contribution in [0.15, 0.2) is 83.7 Å². The molecule has 0 spiro atoms. The average molecular weight is 845 g/mol. The van der Waals surface area contributed by atoms with Gasteiger partial charge in [-0.3, -0.25) is 9.67 Å². The molecule has 336 valence electrons. The first-order valence-corrected chi connectivity index (χ1v) is 23.1. The number of rotatable bonds is 10. The van der Waals surface area contributed by atoms with E-state index in [1.54, 1.807) is 0 Å². The van der Waals surface area contributed by atoms with Gasteiger partial charge in [-0.15, -0.1) is 16.4 Å². The quantitative estimate of drug-likeness (QED) is 0.138. The lowest BCUT2D eigenvalue weighted by Crippen LogP contribution is -1.96. The number of aromatic nitrogens is 6. The molecule has 5 heterocycles. The number of aromatic amines is 1. The molecule has 8 nitrogen and oxygen atoms in total. The van der Waals surface area contributed by atoms with Crippen molar-refractivity contribution in [3.63, 3.8) is 0 Å². The number of hydrogen-bond acceptors (Lipinski definition) is 7. The van der Waals surface area contributed by atoms with Crippen LogP contribution >= 0.6 is 11.3 Å². The predicted octanol–water partition coefficient (Wildman–Crippen LogP) is 14.4. The zero-order valence-corrected chi connectivity index (χ0v) is 41.6. The summed E-state index contributed by atoms with van der Waals surface area (Å²) in [5.41, 5.74) is 7.35. The molecule has 0 saturated carbocycles. The number of imidazole rings is 1. The number of ether oxygens (including phenoxy) is 1. The van der Waals surface area contributed by atoms with Crippen LogP contribution < -0.4 is 0 Å². The number of benzene rings is 1. The van der Waals surface area contributed by atoms with Gasteiger partial charge < -0.3 is 14.1 Å². The van der Waals surface area contributed by atoms with Gasteiger partial charge in [0.25, 0.3) is 0 Å². The first-order chi connectivity index (χ1) is 28.8. The minimum atomic E-state index is 0.855. The molecule has 0 amide bonds. The number of pyridine rings is 1. The van der Waals surface area contributed by atoms with Crippen molar-refractivity contribution in [3.05, 3.63) is 140 Å². The molecule has 0 aliphatic heterocycles. The third kappa shape index (κ3) is 32.5. The van der Waals surface area contributed by atoms with Gasteiger partial charge in [0.15, 0.2) is 0 Å². The maximum atomic E-state index is 5.23. The molecule has 9 heteroatoms. The number of nitrogens with one attached hydrogen (secondary N) is 1. The smallest absolute Gasteiger partial charge is 0.103 e. The van der Waals surface area contributed by atoms with E-state index in [4.69, 9.17) is 9.15 Å². The van der Waals surface area contributed by atoms with Gasteiger partial charge in [0, 0.05) is 65.9 Å². The van der Waals surface area contributed by atoms with E-state index in [2.05, 4.69) is 144 Å². The summed E-state index contributed by atoms with van der Waals surface area (Å²) in [7, 11) is 0. The highest BCUT2D eigenvalue weighted by Crippen LogP contribution is 2.14. The Morgan fingerprint density at radius 1 is 0.633 bits per heavy atom. The molecule has 0 fully saturated rings. The third-order valence-electron chi connectivity index (χ3n) is 7.99. The average Bonchev–Trinajstić information content (AvgIpc) is 4.08. The fourth-order valence-corrected chi connectivity index (χ4v) is 5.39. The second-order valence-electron chi connectivity index (χ2n) is 14.1. The van der Waals surface area contributed by atoms with E-state index in [-0.39, 0.29) is 0 Å². The standard InChI is InChI=1S/C9H12.C8H11N.C7H10O.C7H10S.C6H11N3.C6H10N2.C5H12O.C3H8/c1-3-9-6-4-8(2)5-7-9;1-3-8-5-4-7(2)9-6-8;2*1-3-7-5-4-6(2)8-7;1-3-4-9-5-6(2)7-8-9;1-3-6-4-7-5(2)8-6;1-3-5-6-4-2;1-3-2/h4-7H,3H2,1-2H3;4-6H,3H2,1-2H3;2*4-5H,3H2,1-2H3;5H,3-4H2,1-2H3;4H,3H2,1-2H3,(H,7,8);3-5H2,1-2H3;3H2,1-2H3. The van der Waals surface area contributed by atoms with Crippen LogP contribution in [0.25, 0.3) is 0 Å². The molecular weight excluding hydrogens is 761 g/mol. The topological polar surface area (TPSA) is 94.7 Å². The Hall–Kier alpha value is -4.34. The van der Waals surface area contributed by atoms with Gasteiger partial charge in [-0.1, -0.05) is 110 Å². The van der Waals surface area contributed by atoms with E-state index >= 15 is 0 Å². The fraction of sp³-hybridized carbons (Fsp3) is 0.529. The minimum Gasteiger partial charge on any atom is -0.466 e. The van der Waals surface area contributed by atoms with Crippen molar-refractivity contribution in [3.8, 4) is 0 Å². The number of aryl methyl sites for hydroxylation is 12. The lowest BCUT2D eigenvalue weighted by molar-refractivity contribution is 0.148. The number of furan rings is 1. The lowest BCUT2D eigenvalue weighted by atomic mass is 10.1. The SMILES string of the molecule is CCC.CCCOCC.CCCn1cc(C)nn1.CCc1ccc(C)cc1.CCc1ccc(C)nc1.CCc1ccc(C)o1.CCc1ccc(C)s1.CCc1cnc(C)[nH]1. The Kier molecular flexibility index (Phi) is 37.4. The molecule has 1 aromatic carbocycles. The van der Waals surface area contributed by atoms with Crippen LogP contribution in [0.5, 0.6) is 0 Å². The van der Waals surface area contributed by atoms with Gasteiger partial charge in [-0.05, 0) is 128 Å². The highest BCUT2D eigenvalue weighted by atomic mass is 32.1. The second-order valence-corrected chi connectivity index (χ2v) is 15.5. The third-order valence-corrected chi connectivity index (χ3v) is 9.14. The van der Waals surface area contributed by atoms with Gasteiger partial charge in [-0.25, -0.2) is 4.98 Å². The van der Waals surface area contributed by atoms with E-state index in [0.29, 0.717) is 0 Å². The van der Waals surface area contributed by atoms with Crippen molar-refractivity contribution in [2.75, 3.05) is 13.2 Å². The van der Waals surface area contributed by atoms with Gasteiger partial charge in [0.1, 0.15) is 17.3 Å². The summed E-state index contributed by atoms with van der Waals surface area (Å²) in [5.74, 6) is 3.08. The van der Waals surface area contributed by atoms with Crippen LogP contribution in [0.2, 0.25) is 0 Å².